The SMILES string of the molecule is CCC/C=C\CCCCCCCC(=O)NC(COC1OC(CO)C(O)C(O)C1O)C(O)/C=C/CC/C=C/CC/C=C/CCCCCCCCCC. The van der Waals surface area contributed by atoms with Crippen LogP contribution >= 0.6 is 0 Å². The molecule has 0 saturated carbocycles. The molecule has 0 aromatic heterocycles. The van der Waals surface area contributed by atoms with Gasteiger partial charge >= 0.3 is 0 Å². The van der Waals surface area contributed by atoms with E-state index in [1.54, 1.807) is 6.08 Å². The van der Waals surface area contributed by atoms with E-state index in [2.05, 4.69) is 55.6 Å². The molecule has 6 N–H and O–H groups in total. The number of hydrogen-bond acceptors (Lipinski definition) is 8. The monoisotopic (exact) mass is 722 g/mol. The Hall–Kier alpha value is -1.85. The summed E-state index contributed by atoms with van der Waals surface area (Å²) in [5, 5.41) is 53.9. The fourth-order valence-corrected chi connectivity index (χ4v) is 6.01. The van der Waals surface area contributed by atoms with Crippen molar-refractivity contribution in [2.75, 3.05) is 13.2 Å². The van der Waals surface area contributed by atoms with E-state index in [0.29, 0.717) is 6.42 Å². The molecule has 1 heterocycles. The Morgan fingerprint density at radius 1 is 0.647 bits per heavy atom. The number of ether oxygens (including phenoxy) is 2. The zero-order chi connectivity index (χ0) is 37.4. The van der Waals surface area contributed by atoms with Crippen molar-refractivity contribution in [1.29, 1.82) is 0 Å². The summed E-state index contributed by atoms with van der Waals surface area (Å²) >= 11 is 0. The van der Waals surface area contributed by atoms with Crippen LogP contribution in [0.5, 0.6) is 0 Å². The van der Waals surface area contributed by atoms with E-state index in [-0.39, 0.29) is 12.5 Å². The second kappa shape index (κ2) is 32.8. The fourth-order valence-electron chi connectivity index (χ4n) is 6.01. The number of aliphatic hydroxyl groups excluding tert-OH is 5. The summed E-state index contributed by atoms with van der Waals surface area (Å²) in [6.45, 7) is 3.65. The van der Waals surface area contributed by atoms with Crippen LogP contribution in [0.2, 0.25) is 0 Å². The first-order chi connectivity index (χ1) is 24.8. The number of amides is 1. The van der Waals surface area contributed by atoms with Gasteiger partial charge in [-0.25, -0.2) is 0 Å². The smallest absolute Gasteiger partial charge is 0.220 e. The van der Waals surface area contributed by atoms with Crippen molar-refractivity contribution in [2.45, 2.75) is 198 Å². The van der Waals surface area contributed by atoms with Crippen molar-refractivity contribution in [3.8, 4) is 0 Å². The third-order valence-electron chi connectivity index (χ3n) is 9.33. The number of carbonyl (C=O) groups is 1. The van der Waals surface area contributed by atoms with E-state index in [1.807, 2.05) is 6.08 Å². The number of carbonyl (C=O) groups excluding carboxylic acids is 1. The van der Waals surface area contributed by atoms with Gasteiger partial charge in [-0.2, -0.15) is 0 Å². The van der Waals surface area contributed by atoms with Crippen LogP contribution in [0, 0.1) is 0 Å². The molecule has 7 atom stereocenters. The summed E-state index contributed by atoms with van der Waals surface area (Å²) in [5.74, 6) is -0.206. The van der Waals surface area contributed by atoms with Gasteiger partial charge < -0.3 is 40.3 Å². The lowest BCUT2D eigenvalue weighted by Gasteiger charge is -2.40. The number of hydrogen-bond donors (Lipinski definition) is 6. The molecule has 0 aromatic carbocycles. The molecule has 7 unspecified atom stereocenters. The largest absolute Gasteiger partial charge is 0.394 e. The van der Waals surface area contributed by atoms with Crippen molar-refractivity contribution < 1.29 is 39.8 Å². The minimum atomic E-state index is -1.57. The summed E-state index contributed by atoms with van der Waals surface area (Å²) in [4.78, 5) is 12.8. The maximum atomic E-state index is 12.8. The highest BCUT2D eigenvalue weighted by atomic mass is 16.7. The topological polar surface area (TPSA) is 149 Å². The van der Waals surface area contributed by atoms with Crippen LogP contribution in [0.15, 0.2) is 48.6 Å². The molecule has 1 aliphatic heterocycles. The van der Waals surface area contributed by atoms with Crippen LogP contribution in [-0.4, -0.2) is 87.5 Å². The number of nitrogens with one attached hydrogen (secondary N) is 1. The van der Waals surface area contributed by atoms with Crippen LogP contribution in [0.4, 0.5) is 0 Å². The van der Waals surface area contributed by atoms with Gasteiger partial charge in [-0.3, -0.25) is 4.79 Å². The zero-order valence-electron chi connectivity index (χ0n) is 32.1. The highest BCUT2D eigenvalue weighted by molar-refractivity contribution is 5.76. The van der Waals surface area contributed by atoms with Gasteiger partial charge in [0.15, 0.2) is 6.29 Å². The number of allylic oxidation sites excluding steroid dienone is 7. The predicted molar refractivity (Wildman–Crippen MR) is 207 cm³/mol. The normalized spacial score (nSPS) is 22.5. The molecular formula is C42H75NO8. The Balaban J connectivity index is 2.46. The Morgan fingerprint density at radius 2 is 1.16 bits per heavy atom. The van der Waals surface area contributed by atoms with Crippen LogP contribution in [0.1, 0.15) is 155 Å². The molecule has 1 saturated heterocycles. The highest BCUT2D eigenvalue weighted by Gasteiger charge is 2.44. The summed E-state index contributed by atoms with van der Waals surface area (Å²) in [5.41, 5.74) is 0. The first kappa shape index (κ1) is 47.2. The molecule has 296 valence electrons. The molecule has 1 rings (SSSR count). The van der Waals surface area contributed by atoms with E-state index in [9.17, 15) is 30.3 Å². The van der Waals surface area contributed by atoms with Gasteiger partial charge in [0.1, 0.15) is 24.4 Å². The van der Waals surface area contributed by atoms with Crippen molar-refractivity contribution in [3.05, 3.63) is 48.6 Å². The molecule has 9 heteroatoms. The van der Waals surface area contributed by atoms with E-state index in [4.69, 9.17) is 9.47 Å². The second-order valence-corrected chi connectivity index (χ2v) is 14.1. The number of unbranched alkanes of at least 4 members (excludes halogenated alkanes) is 16. The average molecular weight is 722 g/mol. The van der Waals surface area contributed by atoms with Crippen molar-refractivity contribution >= 4 is 5.91 Å². The number of aliphatic hydroxyl groups is 5. The van der Waals surface area contributed by atoms with Gasteiger partial charge in [-0.05, 0) is 64.2 Å². The Labute approximate surface area is 310 Å². The Bertz CT molecular complexity index is 936. The molecule has 0 spiro atoms. The van der Waals surface area contributed by atoms with Crippen LogP contribution < -0.4 is 5.32 Å². The third-order valence-corrected chi connectivity index (χ3v) is 9.33. The van der Waals surface area contributed by atoms with Gasteiger partial charge in [-0.1, -0.05) is 133 Å². The molecule has 0 aliphatic carbocycles. The van der Waals surface area contributed by atoms with Gasteiger partial charge in [0.05, 0.1) is 25.4 Å². The molecule has 1 amide bonds. The summed E-state index contributed by atoms with van der Waals surface area (Å²) in [6.07, 6.45) is 33.0. The van der Waals surface area contributed by atoms with Crippen molar-refractivity contribution in [1.82, 2.24) is 5.32 Å². The first-order valence-corrected chi connectivity index (χ1v) is 20.4. The van der Waals surface area contributed by atoms with Gasteiger partial charge in [0.25, 0.3) is 0 Å². The summed E-state index contributed by atoms with van der Waals surface area (Å²) in [7, 11) is 0. The Kier molecular flexibility index (Phi) is 30.3. The zero-order valence-corrected chi connectivity index (χ0v) is 32.1. The highest BCUT2D eigenvalue weighted by Crippen LogP contribution is 2.22. The molecule has 1 aliphatic rings. The van der Waals surface area contributed by atoms with E-state index in [0.717, 1.165) is 77.0 Å². The molecule has 0 aromatic rings. The maximum Gasteiger partial charge on any atom is 0.220 e. The quantitative estimate of drug-likeness (QED) is 0.0309. The van der Waals surface area contributed by atoms with Crippen LogP contribution in [0.3, 0.4) is 0 Å². The first-order valence-electron chi connectivity index (χ1n) is 20.4. The van der Waals surface area contributed by atoms with Crippen LogP contribution in [0.25, 0.3) is 0 Å². The van der Waals surface area contributed by atoms with Gasteiger partial charge in [0.2, 0.25) is 5.91 Å². The lowest BCUT2D eigenvalue weighted by molar-refractivity contribution is -0.302. The predicted octanol–water partition coefficient (Wildman–Crippen LogP) is 7.50. The van der Waals surface area contributed by atoms with E-state index < -0.39 is 49.5 Å². The van der Waals surface area contributed by atoms with E-state index in [1.165, 1.54) is 57.8 Å². The molecular weight excluding hydrogens is 646 g/mol. The van der Waals surface area contributed by atoms with Crippen molar-refractivity contribution in [2.24, 2.45) is 0 Å². The van der Waals surface area contributed by atoms with Gasteiger partial charge in [0, 0.05) is 6.42 Å². The maximum absolute atomic E-state index is 12.8. The second-order valence-electron chi connectivity index (χ2n) is 14.1. The lowest BCUT2D eigenvalue weighted by atomic mass is 9.99. The minimum Gasteiger partial charge on any atom is -0.394 e. The standard InChI is InChI=1S/C42H75NO8/c1-3-5-7-9-11-13-15-16-17-18-19-20-21-22-23-25-27-29-31-36(45)35(34-50-42-41(49)40(48)39(47)37(33-44)51-42)43-38(46)32-30-28-26-24-14-12-10-8-6-4-2/h8,10,18-19,22-23,29,31,35-37,39-42,44-45,47-49H,3-7,9,11-17,20-21,24-28,30,32-34H2,1-2H3,(H,43,46)/b10-8-,19-18+,23-22+,31-29+. The molecule has 0 bridgehead atoms. The van der Waals surface area contributed by atoms with Crippen LogP contribution in [-0.2, 0) is 14.3 Å². The minimum absolute atomic E-state index is 0.206. The molecule has 0 radical (unpaired) electrons. The lowest BCUT2D eigenvalue weighted by Crippen LogP contribution is -2.60. The molecule has 9 nitrogen and oxygen atoms in total. The molecule has 51 heavy (non-hydrogen) atoms. The average Bonchev–Trinajstić information content (AvgIpc) is 3.13. The summed E-state index contributed by atoms with van der Waals surface area (Å²) in [6, 6.07) is -0.829. The third kappa shape index (κ3) is 24.2. The van der Waals surface area contributed by atoms with Crippen molar-refractivity contribution in [3.63, 3.8) is 0 Å². The van der Waals surface area contributed by atoms with Gasteiger partial charge in [-0.15, -0.1) is 0 Å². The molecule has 1 fully saturated rings. The summed E-state index contributed by atoms with van der Waals surface area (Å²) < 4.78 is 11.1. The Morgan fingerprint density at radius 3 is 1.73 bits per heavy atom. The van der Waals surface area contributed by atoms with E-state index >= 15 is 0 Å². The number of rotatable bonds is 32. The fraction of sp³-hybridized carbons (Fsp3) is 0.786.